The molecule has 0 radical (unpaired) electrons. The quantitative estimate of drug-likeness (QED) is 0.734. The molecule has 0 aromatic carbocycles. The Bertz CT molecular complexity index is 577. The van der Waals surface area contributed by atoms with Crippen molar-refractivity contribution in [2.24, 2.45) is 0 Å². The fraction of sp³-hybridized carbons (Fsp3) is 0.462. The molecule has 0 bridgehead atoms. The number of aromatic nitrogens is 1. The lowest BCUT2D eigenvalue weighted by molar-refractivity contribution is -0.135. The highest BCUT2D eigenvalue weighted by Gasteiger charge is 2.24. The molecule has 1 saturated carbocycles. The Morgan fingerprint density at radius 1 is 1.45 bits per heavy atom. The first-order valence-electron chi connectivity index (χ1n) is 6.45. The first-order valence-corrected chi connectivity index (χ1v) is 6.45. The van der Waals surface area contributed by atoms with Crippen molar-refractivity contribution in [3.05, 3.63) is 28.7 Å². The van der Waals surface area contributed by atoms with Gasteiger partial charge in [0.05, 0.1) is 6.54 Å². The molecule has 1 fully saturated rings. The largest absolute Gasteiger partial charge is 0.398 e. The van der Waals surface area contributed by atoms with Gasteiger partial charge in [0.25, 0.3) is 5.56 Å². The maximum absolute atomic E-state index is 12.0. The Morgan fingerprint density at radius 2 is 2.15 bits per heavy atom. The summed E-state index contributed by atoms with van der Waals surface area (Å²) in [5, 5.41) is 2.80. The van der Waals surface area contributed by atoms with Crippen LogP contribution in [0.25, 0.3) is 0 Å². The van der Waals surface area contributed by atoms with Crippen LogP contribution in [0.4, 0.5) is 5.69 Å². The maximum atomic E-state index is 12.0. The van der Waals surface area contributed by atoms with Crippen molar-refractivity contribution in [1.29, 1.82) is 0 Å². The molecule has 3 N–H and O–H groups in total. The van der Waals surface area contributed by atoms with Crippen molar-refractivity contribution in [2.75, 3.05) is 19.3 Å². The van der Waals surface area contributed by atoms with E-state index in [0.717, 1.165) is 12.8 Å². The van der Waals surface area contributed by atoms with Crippen molar-refractivity contribution in [3.63, 3.8) is 0 Å². The summed E-state index contributed by atoms with van der Waals surface area (Å²) >= 11 is 0. The van der Waals surface area contributed by atoms with Crippen LogP contribution >= 0.6 is 0 Å². The molecule has 1 aliphatic rings. The standard InChI is InChI=1S/C13H18N4O3/c1-16(7-11(18)15-10-3-4-10)13(20)8-17-6-9(14)2-5-12(17)19/h2,5-6,10H,3-4,7-8,14H2,1H3,(H,15,18). The number of nitrogens with one attached hydrogen (secondary N) is 1. The fourth-order valence-corrected chi connectivity index (χ4v) is 1.74. The zero-order chi connectivity index (χ0) is 14.7. The van der Waals surface area contributed by atoms with Crippen molar-refractivity contribution in [2.45, 2.75) is 25.4 Å². The third-order valence-electron chi connectivity index (χ3n) is 3.06. The number of nitrogens with zero attached hydrogens (tertiary/aromatic N) is 2. The summed E-state index contributed by atoms with van der Waals surface area (Å²) in [5.41, 5.74) is 5.68. The number of amides is 2. The number of carbonyl (C=O) groups is 2. The molecule has 2 amide bonds. The molecule has 0 atom stereocenters. The molecule has 108 valence electrons. The van der Waals surface area contributed by atoms with Crippen molar-refractivity contribution >= 4 is 17.5 Å². The lowest BCUT2D eigenvalue weighted by Crippen LogP contribution is -2.41. The van der Waals surface area contributed by atoms with E-state index in [9.17, 15) is 14.4 Å². The van der Waals surface area contributed by atoms with E-state index in [1.165, 1.54) is 34.8 Å². The van der Waals surface area contributed by atoms with E-state index in [1.807, 2.05) is 0 Å². The Labute approximate surface area is 116 Å². The van der Waals surface area contributed by atoms with Gasteiger partial charge >= 0.3 is 0 Å². The summed E-state index contributed by atoms with van der Waals surface area (Å²) in [6.45, 7) is -0.135. The van der Waals surface area contributed by atoms with Crippen LogP contribution in [0.3, 0.4) is 0 Å². The average molecular weight is 278 g/mol. The normalized spacial score (nSPS) is 13.8. The number of likely N-dealkylation sites (N-methyl/N-ethyl adjacent to an activating group) is 1. The van der Waals surface area contributed by atoms with E-state index < -0.39 is 0 Å². The molecule has 0 spiro atoms. The molecule has 2 rings (SSSR count). The zero-order valence-electron chi connectivity index (χ0n) is 11.3. The zero-order valence-corrected chi connectivity index (χ0v) is 11.3. The summed E-state index contributed by atoms with van der Waals surface area (Å²) < 4.78 is 1.23. The van der Waals surface area contributed by atoms with Crippen LogP contribution in [0.1, 0.15) is 12.8 Å². The number of rotatable bonds is 5. The summed E-state index contributed by atoms with van der Waals surface area (Å²) in [6, 6.07) is 3.06. The monoisotopic (exact) mass is 278 g/mol. The predicted octanol–water partition coefficient (Wildman–Crippen LogP) is -0.832. The molecule has 0 saturated heterocycles. The maximum Gasteiger partial charge on any atom is 0.251 e. The highest BCUT2D eigenvalue weighted by Crippen LogP contribution is 2.18. The molecule has 1 heterocycles. The van der Waals surface area contributed by atoms with E-state index >= 15 is 0 Å². The van der Waals surface area contributed by atoms with Gasteiger partial charge in [0, 0.05) is 31.0 Å². The molecule has 7 heteroatoms. The Hall–Kier alpha value is -2.31. The van der Waals surface area contributed by atoms with Gasteiger partial charge in [-0.1, -0.05) is 0 Å². The van der Waals surface area contributed by atoms with E-state index in [-0.39, 0.29) is 36.5 Å². The van der Waals surface area contributed by atoms with E-state index in [0.29, 0.717) is 5.69 Å². The minimum Gasteiger partial charge on any atom is -0.398 e. The first-order chi connectivity index (χ1) is 9.45. The molecule has 1 aliphatic carbocycles. The third kappa shape index (κ3) is 3.84. The van der Waals surface area contributed by atoms with Gasteiger partial charge < -0.3 is 20.5 Å². The average Bonchev–Trinajstić information content (AvgIpc) is 3.17. The first kappa shape index (κ1) is 14.1. The Kier molecular flexibility index (Phi) is 4.07. The van der Waals surface area contributed by atoms with Crippen LogP contribution in [0.5, 0.6) is 0 Å². The van der Waals surface area contributed by atoms with Crippen LogP contribution < -0.4 is 16.6 Å². The molecule has 7 nitrogen and oxygen atoms in total. The van der Waals surface area contributed by atoms with Crippen molar-refractivity contribution < 1.29 is 9.59 Å². The summed E-state index contributed by atoms with van der Waals surface area (Å²) in [6.07, 6.45) is 3.42. The Balaban J connectivity index is 1.91. The molecular weight excluding hydrogens is 260 g/mol. The van der Waals surface area contributed by atoms with Crippen molar-refractivity contribution in [1.82, 2.24) is 14.8 Å². The van der Waals surface area contributed by atoms with Crippen molar-refractivity contribution in [3.8, 4) is 0 Å². The van der Waals surface area contributed by atoms with Crippen LogP contribution in [-0.2, 0) is 16.1 Å². The molecule has 0 unspecified atom stereocenters. The second kappa shape index (κ2) is 5.77. The van der Waals surface area contributed by atoms with Gasteiger partial charge in [-0.15, -0.1) is 0 Å². The number of hydrogen-bond acceptors (Lipinski definition) is 4. The van der Waals surface area contributed by atoms with E-state index in [1.54, 1.807) is 0 Å². The number of pyridine rings is 1. The smallest absolute Gasteiger partial charge is 0.251 e. The number of anilines is 1. The second-order valence-corrected chi connectivity index (χ2v) is 5.02. The van der Waals surface area contributed by atoms with Gasteiger partial charge in [-0.2, -0.15) is 0 Å². The lowest BCUT2D eigenvalue weighted by Gasteiger charge is -2.17. The van der Waals surface area contributed by atoms with Crippen LogP contribution in [-0.4, -0.2) is 40.9 Å². The Morgan fingerprint density at radius 3 is 2.80 bits per heavy atom. The van der Waals surface area contributed by atoms with Crippen LogP contribution in [0.15, 0.2) is 23.1 Å². The summed E-state index contributed by atoms with van der Waals surface area (Å²) in [5.74, 6) is -0.494. The highest BCUT2D eigenvalue weighted by molar-refractivity contribution is 5.84. The van der Waals surface area contributed by atoms with E-state index in [2.05, 4.69) is 5.32 Å². The van der Waals surface area contributed by atoms with Gasteiger partial charge in [-0.25, -0.2) is 0 Å². The van der Waals surface area contributed by atoms with Gasteiger partial charge in [0.15, 0.2) is 0 Å². The number of nitrogens with two attached hydrogens (primary N) is 1. The van der Waals surface area contributed by atoms with E-state index in [4.69, 9.17) is 5.73 Å². The highest BCUT2D eigenvalue weighted by atomic mass is 16.2. The molecule has 0 aliphatic heterocycles. The summed E-state index contributed by atoms with van der Waals surface area (Å²) in [4.78, 5) is 36.4. The van der Waals surface area contributed by atoms with Crippen LogP contribution in [0, 0.1) is 0 Å². The van der Waals surface area contributed by atoms with Gasteiger partial charge in [0.1, 0.15) is 6.54 Å². The SMILES string of the molecule is CN(CC(=O)NC1CC1)C(=O)Cn1cc(N)ccc1=O. The minimum atomic E-state index is -0.316. The number of hydrogen-bond donors (Lipinski definition) is 2. The fourth-order valence-electron chi connectivity index (χ4n) is 1.74. The van der Waals surface area contributed by atoms with Gasteiger partial charge in [-0.3, -0.25) is 14.4 Å². The molecular formula is C13H18N4O3. The number of nitrogen functional groups attached to an aromatic ring is 1. The van der Waals surface area contributed by atoms with Gasteiger partial charge in [0.2, 0.25) is 11.8 Å². The van der Waals surface area contributed by atoms with Crippen LogP contribution in [0.2, 0.25) is 0 Å². The molecule has 20 heavy (non-hydrogen) atoms. The lowest BCUT2D eigenvalue weighted by atomic mass is 10.4. The number of carbonyl (C=O) groups excluding carboxylic acids is 2. The van der Waals surface area contributed by atoms with Gasteiger partial charge in [-0.05, 0) is 18.9 Å². The third-order valence-corrected chi connectivity index (χ3v) is 3.06. The second-order valence-electron chi connectivity index (χ2n) is 5.02. The minimum absolute atomic E-state index is 0.00754. The molecule has 1 aromatic heterocycles. The molecule has 1 aromatic rings. The summed E-state index contributed by atoms with van der Waals surface area (Å²) in [7, 11) is 1.53. The predicted molar refractivity (Wildman–Crippen MR) is 73.9 cm³/mol. The topological polar surface area (TPSA) is 97.4 Å².